The summed E-state index contributed by atoms with van der Waals surface area (Å²) in [5.41, 5.74) is 3.18. The first-order valence-corrected chi connectivity index (χ1v) is 8.30. The molecule has 0 radical (unpaired) electrons. The van der Waals surface area contributed by atoms with Gasteiger partial charge in [0.25, 0.3) is 5.91 Å². The Hall–Kier alpha value is -2.21. The number of benzene rings is 1. The van der Waals surface area contributed by atoms with E-state index < -0.39 is 6.04 Å². The number of thiazole rings is 1. The van der Waals surface area contributed by atoms with Crippen molar-refractivity contribution < 1.29 is 14.3 Å². The first-order valence-electron chi connectivity index (χ1n) is 7.42. The minimum absolute atomic E-state index is 0.0891. The molecule has 0 spiro atoms. The molecule has 2 aromatic rings. The molecular weight excluding hydrogens is 312 g/mol. The van der Waals surface area contributed by atoms with E-state index in [-0.39, 0.29) is 24.4 Å². The molecule has 1 aromatic heterocycles. The van der Waals surface area contributed by atoms with Crippen molar-refractivity contribution in [1.82, 2.24) is 10.3 Å². The van der Waals surface area contributed by atoms with Gasteiger partial charge in [-0.05, 0) is 26.3 Å². The van der Waals surface area contributed by atoms with Gasteiger partial charge in [0.05, 0.1) is 29.8 Å². The number of ether oxygens (including phenoxy) is 1. The lowest BCUT2D eigenvalue weighted by atomic mass is 10.0. The molecule has 1 atom stereocenters. The lowest BCUT2D eigenvalue weighted by Crippen LogP contribution is -2.31. The van der Waals surface area contributed by atoms with Crippen molar-refractivity contribution in [1.29, 1.82) is 0 Å². The third-order valence-corrected chi connectivity index (χ3v) is 4.12. The van der Waals surface area contributed by atoms with E-state index in [9.17, 15) is 9.59 Å². The number of nitrogens with zero attached hydrogens (tertiary/aromatic N) is 1. The molecule has 6 heteroatoms. The first kappa shape index (κ1) is 17.1. The van der Waals surface area contributed by atoms with E-state index in [1.54, 1.807) is 26.3 Å². The summed E-state index contributed by atoms with van der Waals surface area (Å²) in [5.74, 6) is -0.564. The van der Waals surface area contributed by atoms with Crippen molar-refractivity contribution in [2.45, 2.75) is 39.3 Å². The third-order valence-electron chi connectivity index (χ3n) is 3.20. The summed E-state index contributed by atoms with van der Waals surface area (Å²) in [6.45, 7) is 5.39. The van der Waals surface area contributed by atoms with Gasteiger partial charge in [0, 0.05) is 0 Å². The van der Waals surface area contributed by atoms with Crippen molar-refractivity contribution in [2.75, 3.05) is 0 Å². The van der Waals surface area contributed by atoms with Gasteiger partial charge in [-0.2, -0.15) is 0 Å². The quantitative estimate of drug-likeness (QED) is 0.824. The highest BCUT2D eigenvalue weighted by molar-refractivity contribution is 7.11. The zero-order chi connectivity index (χ0) is 16.8. The second-order valence-corrected chi connectivity index (χ2v) is 6.30. The number of aryl methyl sites for hydroxylation is 1. The summed E-state index contributed by atoms with van der Waals surface area (Å²) in [4.78, 5) is 29.1. The topological polar surface area (TPSA) is 68.3 Å². The Labute approximate surface area is 139 Å². The molecule has 0 saturated heterocycles. The Morgan fingerprint density at radius 1 is 1.26 bits per heavy atom. The molecule has 23 heavy (non-hydrogen) atoms. The van der Waals surface area contributed by atoms with Crippen molar-refractivity contribution in [3.05, 3.63) is 52.0 Å². The highest BCUT2D eigenvalue weighted by Crippen LogP contribution is 2.20. The van der Waals surface area contributed by atoms with E-state index >= 15 is 0 Å². The van der Waals surface area contributed by atoms with Crippen LogP contribution in [0.5, 0.6) is 0 Å². The summed E-state index contributed by atoms with van der Waals surface area (Å²) < 4.78 is 5.20. The molecular formula is C17H20N2O3S. The van der Waals surface area contributed by atoms with E-state index in [0.717, 1.165) is 5.56 Å². The number of carbonyl (C=O) groups excluding carboxylic acids is 2. The number of hydrogen-bond acceptors (Lipinski definition) is 5. The fourth-order valence-corrected chi connectivity index (χ4v) is 2.86. The smallest absolute Gasteiger partial charge is 0.308 e. The molecule has 0 aliphatic carbocycles. The molecule has 122 valence electrons. The zero-order valence-electron chi connectivity index (χ0n) is 13.4. The minimum Gasteiger partial charge on any atom is -0.463 e. The van der Waals surface area contributed by atoms with Gasteiger partial charge in [-0.15, -0.1) is 11.3 Å². The Balaban J connectivity index is 2.15. The molecule has 0 unspecified atom stereocenters. The number of aromatic nitrogens is 1. The Morgan fingerprint density at radius 2 is 1.96 bits per heavy atom. The fraction of sp³-hybridized carbons (Fsp3) is 0.353. The Bertz CT molecular complexity index is 667. The van der Waals surface area contributed by atoms with Crippen LogP contribution in [-0.2, 0) is 9.53 Å². The average Bonchev–Trinajstić information content (AvgIpc) is 2.93. The van der Waals surface area contributed by atoms with Crippen LogP contribution in [0.3, 0.4) is 0 Å². The highest BCUT2D eigenvalue weighted by Gasteiger charge is 2.22. The van der Waals surface area contributed by atoms with Crippen LogP contribution in [0.25, 0.3) is 0 Å². The fourth-order valence-electron chi connectivity index (χ4n) is 2.16. The van der Waals surface area contributed by atoms with Crippen LogP contribution < -0.4 is 5.32 Å². The van der Waals surface area contributed by atoms with Crippen molar-refractivity contribution in [3.63, 3.8) is 0 Å². The second kappa shape index (κ2) is 7.87. The molecule has 0 saturated carbocycles. The number of esters is 1. The minimum atomic E-state index is -0.434. The van der Waals surface area contributed by atoms with E-state index in [1.165, 1.54) is 11.3 Å². The highest BCUT2D eigenvalue weighted by atomic mass is 32.1. The number of carbonyl (C=O) groups is 2. The lowest BCUT2D eigenvalue weighted by Gasteiger charge is -2.19. The predicted molar refractivity (Wildman–Crippen MR) is 89.3 cm³/mol. The van der Waals surface area contributed by atoms with Gasteiger partial charge >= 0.3 is 5.97 Å². The summed E-state index contributed by atoms with van der Waals surface area (Å²) >= 11 is 1.29. The third kappa shape index (κ3) is 4.89. The van der Waals surface area contributed by atoms with Crippen LogP contribution >= 0.6 is 11.3 Å². The van der Waals surface area contributed by atoms with Crippen LogP contribution in [0, 0.1) is 6.92 Å². The van der Waals surface area contributed by atoms with Gasteiger partial charge < -0.3 is 10.1 Å². The first-order chi connectivity index (χ1) is 11.0. The van der Waals surface area contributed by atoms with E-state index in [1.807, 2.05) is 30.3 Å². The van der Waals surface area contributed by atoms with Gasteiger partial charge in [-0.3, -0.25) is 9.59 Å². The van der Waals surface area contributed by atoms with E-state index in [2.05, 4.69) is 10.3 Å². The van der Waals surface area contributed by atoms with E-state index in [0.29, 0.717) is 10.6 Å². The van der Waals surface area contributed by atoms with Gasteiger partial charge in [0.1, 0.15) is 4.88 Å². The molecule has 1 amide bonds. The summed E-state index contributed by atoms with van der Waals surface area (Å²) in [6.07, 6.45) is -0.0930. The molecule has 0 bridgehead atoms. The van der Waals surface area contributed by atoms with Crippen molar-refractivity contribution >= 4 is 23.2 Å². The molecule has 0 aliphatic heterocycles. The lowest BCUT2D eigenvalue weighted by molar-refractivity contribution is -0.147. The summed E-state index contributed by atoms with van der Waals surface area (Å²) in [7, 11) is 0. The van der Waals surface area contributed by atoms with Crippen molar-refractivity contribution in [2.24, 2.45) is 0 Å². The predicted octanol–water partition coefficient (Wildman–Crippen LogP) is 3.26. The number of hydrogen-bond donors (Lipinski definition) is 1. The monoisotopic (exact) mass is 332 g/mol. The maximum atomic E-state index is 12.4. The normalized spacial score (nSPS) is 12.0. The van der Waals surface area contributed by atoms with Gasteiger partial charge in [0.15, 0.2) is 0 Å². The van der Waals surface area contributed by atoms with Crippen LogP contribution in [-0.4, -0.2) is 23.0 Å². The molecule has 1 N–H and O–H groups in total. The average molecular weight is 332 g/mol. The van der Waals surface area contributed by atoms with Crippen LogP contribution in [0.4, 0.5) is 0 Å². The Morgan fingerprint density at radius 3 is 2.52 bits per heavy atom. The molecule has 1 heterocycles. The molecule has 1 aromatic carbocycles. The van der Waals surface area contributed by atoms with Gasteiger partial charge in [-0.1, -0.05) is 30.3 Å². The molecule has 0 aliphatic rings. The standard InChI is InChI=1S/C17H20N2O3S/c1-11(2)22-15(20)9-14(13-7-5-4-6-8-13)19-17(21)16-12(3)18-10-23-16/h4-8,10-11,14H,9H2,1-3H3,(H,19,21)/t14-/m0/s1. The summed E-state index contributed by atoms with van der Waals surface area (Å²) in [5, 5.41) is 2.91. The largest absolute Gasteiger partial charge is 0.463 e. The van der Waals surface area contributed by atoms with Crippen LogP contribution in [0.2, 0.25) is 0 Å². The molecule has 0 fully saturated rings. The zero-order valence-corrected chi connectivity index (χ0v) is 14.2. The maximum Gasteiger partial charge on any atom is 0.308 e. The van der Waals surface area contributed by atoms with Crippen LogP contribution in [0.15, 0.2) is 35.8 Å². The van der Waals surface area contributed by atoms with Crippen molar-refractivity contribution in [3.8, 4) is 0 Å². The number of nitrogens with one attached hydrogen (secondary N) is 1. The SMILES string of the molecule is Cc1ncsc1C(=O)N[C@@H](CC(=O)OC(C)C)c1ccccc1. The summed E-state index contributed by atoms with van der Waals surface area (Å²) in [6, 6.07) is 8.97. The maximum absolute atomic E-state index is 12.4. The number of amides is 1. The molecule has 2 rings (SSSR count). The van der Waals surface area contributed by atoms with Gasteiger partial charge in [-0.25, -0.2) is 4.98 Å². The van der Waals surface area contributed by atoms with E-state index in [4.69, 9.17) is 4.74 Å². The van der Waals surface area contributed by atoms with Gasteiger partial charge in [0.2, 0.25) is 0 Å². The van der Waals surface area contributed by atoms with Crippen LogP contribution in [0.1, 0.15) is 47.2 Å². The Kier molecular flexibility index (Phi) is 5.87. The molecule has 5 nitrogen and oxygen atoms in total. The second-order valence-electron chi connectivity index (χ2n) is 5.45. The number of rotatable bonds is 6.